The van der Waals surface area contributed by atoms with Crippen molar-refractivity contribution in [3.05, 3.63) is 39.9 Å². The largest absolute Gasteiger partial charge is 0.480 e. The van der Waals surface area contributed by atoms with Gasteiger partial charge in [0.15, 0.2) is 0 Å². The molecule has 0 radical (unpaired) electrons. The van der Waals surface area contributed by atoms with Crippen LogP contribution in [0.2, 0.25) is 0 Å². The van der Waals surface area contributed by atoms with Gasteiger partial charge in [0.25, 0.3) is 5.69 Å². The summed E-state index contributed by atoms with van der Waals surface area (Å²) in [5, 5.41) is 22.0. The number of rotatable bonds is 5. The Morgan fingerprint density at radius 3 is 2.27 bits per heavy atom. The summed E-state index contributed by atoms with van der Waals surface area (Å²) in [6.07, 6.45) is -0.839. The van der Waals surface area contributed by atoms with Crippen LogP contribution < -0.4 is 5.32 Å². The molecule has 0 bridgehead atoms. The van der Waals surface area contributed by atoms with Gasteiger partial charge in [-0.2, -0.15) is 0 Å². The van der Waals surface area contributed by atoms with Crippen molar-refractivity contribution < 1.29 is 24.4 Å². The van der Waals surface area contributed by atoms with E-state index in [0.29, 0.717) is 5.56 Å². The Balaban J connectivity index is 2.74. The average Bonchev–Trinajstić information content (AvgIpc) is 2.36. The van der Waals surface area contributed by atoms with E-state index >= 15 is 0 Å². The molecule has 1 amide bonds. The van der Waals surface area contributed by atoms with Gasteiger partial charge in [0.2, 0.25) is 0 Å². The summed E-state index contributed by atoms with van der Waals surface area (Å²) >= 11 is 0. The number of nitro groups is 1. The van der Waals surface area contributed by atoms with Crippen molar-refractivity contribution in [3.63, 3.8) is 0 Å². The maximum atomic E-state index is 11.6. The number of nitrogens with zero attached hydrogens (tertiary/aromatic N) is 1. The molecule has 0 fully saturated rings. The maximum absolute atomic E-state index is 11.6. The summed E-state index contributed by atoms with van der Waals surface area (Å²) in [5.74, 6) is -1.22. The van der Waals surface area contributed by atoms with Crippen molar-refractivity contribution in [2.75, 3.05) is 0 Å². The molecule has 0 aliphatic heterocycles. The third-order valence-electron chi connectivity index (χ3n) is 2.58. The molecule has 0 aliphatic carbocycles. The quantitative estimate of drug-likeness (QED) is 0.488. The van der Waals surface area contributed by atoms with Crippen LogP contribution in [-0.2, 0) is 16.0 Å². The van der Waals surface area contributed by atoms with Crippen LogP contribution in [0.15, 0.2) is 24.3 Å². The zero-order valence-corrected chi connectivity index (χ0v) is 12.5. The monoisotopic (exact) mass is 311 g/mol. The highest BCUT2D eigenvalue weighted by Gasteiger charge is 2.24. The molecule has 8 nitrogen and oxygen atoms in total. The fourth-order valence-electron chi connectivity index (χ4n) is 1.64. The number of nitrogens with one attached hydrogen (secondary N) is 1. The van der Waals surface area contributed by atoms with Crippen LogP contribution in [0.5, 0.6) is 0 Å². The molecule has 8 heteroatoms. The number of nitro benzene ring substituents is 1. The molecule has 1 aromatic carbocycles. The van der Waals surface area contributed by atoms with Gasteiger partial charge in [-0.15, -0.1) is 0 Å². The number of carbonyl (C=O) groups is 2. The summed E-state index contributed by atoms with van der Waals surface area (Å²) < 4.78 is 5.00. The van der Waals surface area contributed by atoms with E-state index < -0.39 is 28.6 Å². The van der Waals surface area contributed by atoms with E-state index in [0.717, 1.165) is 0 Å². The van der Waals surface area contributed by atoms with E-state index in [-0.39, 0.29) is 12.1 Å². The number of alkyl carbamates (subject to hydrolysis) is 1. The van der Waals surface area contributed by atoms with Gasteiger partial charge in [-0.3, -0.25) is 10.1 Å². The predicted octanol–water partition coefficient (Wildman–Crippen LogP) is 2.12. The van der Waals surface area contributed by atoms with Crippen LogP contribution >= 0.6 is 0 Å². The van der Waals surface area contributed by atoms with Crippen LogP contribution in [0.3, 0.4) is 0 Å². The highest BCUT2D eigenvalue weighted by atomic mass is 16.6. The van der Waals surface area contributed by atoms with Crippen molar-refractivity contribution in [1.82, 2.24) is 5.32 Å². The standard InChI is InChI=1S/C14H18N2O6/c1-14(2,3)22-13(19)15-11(12(17)18)8-9-4-6-10(7-5-9)16(20)21/h4-7,11H,8H2,1-3H3,(H,15,19)(H,17,18)/i12+1. The molecule has 0 aromatic heterocycles. The summed E-state index contributed by atoms with van der Waals surface area (Å²) in [6.45, 7) is 5.00. The average molecular weight is 311 g/mol. The first kappa shape index (κ1) is 17.4. The topological polar surface area (TPSA) is 119 Å². The van der Waals surface area contributed by atoms with E-state index in [9.17, 15) is 19.7 Å². The predicted molar refractivity (Wildman–Crippen MR) is 77.6 cm³/mol. The van der Waals surface area contributed by atoms with Gasteiger partial charge >= 0.3 is 12.1 Å². The van der Waals surface area contributed by atoms with E-state index in [1.54, 1.807) is 20.8 Å². The number of aliphatic carboxylic acids is 1. The lowest BCUT2D eigenvalue weighted by Gasteiger charge is -2.22. The smallest absolute Gasteiger partial charge is 0.408 e. The Bertz CT molecular complexity index is 562. The van der Waals surface area contributed by atoms with E-state index in [1.165, 1.54) is 24.3 Å². The van der Waals surface area contributed by atoms with Gasteiger partial charge in [0, 0.05) is 18.6 Å². The van der Waals surface area contributed by atoms with Crippen molar-refractivity contribution >= 4 is 17.7 Å². The van der Waals surface area contributed by atoms with Crippen molar-refractivity contribution in [2.24, 2.45) is 0 Å². The highest BCUT2D eigenvalue weighted by Crippen LogP contribution is 2.14. The van der Waals surface area contributed by atoms with Gasteiger partial charge < -0.3 is 15.2 Å². The third-order valence-corrected chi connectivity index (χ3v) is 2.58. The lowest BCUT2D eigenvalue weighted by molar-refractivity contribution is -0.384. The number of hydrogen-bond donors (Lipinski definition) is 2. The molecule has 0 heterocycles. The number of ether oxygens (including phenoxy) is 1. The first-order valence-electron chi connectivity index (χ1n) is 6.54. The minimum Gasteiger partial charge on any atom is -0.480 e. The Morgan fingerprint density at radius 2 is 1.86 bits per heavy atom. The number of carboxylic acid groups (broad SMARTS) is 1. The minimum absolute atomic E-state index is 0.00737. The molecular weight excluding hydrogens is 293 g/mol. The number of amides is 1. The minimum atomic E-state index is -1.22. The molecule has 0 aliphatic rings. The normalized spacial score (nSPS) is 12.3. The van der Waals surface area contributed by atoms with Crippen LogP contribution in [0.4, 0.5) is 10.5 Å². The fourth-order valence-corrected chi connectivity index (χ4v) is 1.64. The second-order valence-corrected chi connectivity index (χ2v) is 5.66. The van der Waals surface area contributed by atoms with Crippen LogP contribution in [0, 0.1) is 10.1 Å². The fraction of sp³-hybridized carbons (Fsp3) is 0.429. The maximum Gasteiger partial charge on any atom is 0.408 e. The van der Waals surface area contributed by atoms with E-state index in [4.69, 9.17) is 9.84 Å². The summed E-state index contributed by atoms with van der Waals surface area (Å²) in [6, 6.07) is 4.27. The number of carbonyl (C=O) groups excluding carboxylic acids is 1. The Labute approximate surface area is 127 Å². The van der Waals surface area contributed by atoms with E-state index in [2.05, 4.69) is 5.32 Å². The van der Waals surface area contributed by atoms with Crippen LogP contribution in [0.1, 0.15) is 26.3 Å². The summed E-state index contributed by atoms with van der Waals surface area (Å²) in [7, 11) is 0. The van der Waals surface area contributed by atoms with Crippen molar-refractivity contribution in [1.29, 1.82) is 0 Å². The SMILES string of the molecule is CC(C)(C)OC(=O)NC(Cc1ccc([N+](=O)[O-])cc1)[13C](=O)O. The summed E-state index contributed by atoms with van der Waals surface area (Å²) in [4.78, 5) is 32.8. The lowest BCUT2D eigenvalue weighted by Crippen LogP contribution is -2.44. The van der Waals surface area contributed by atoms with Gasteiger partial charge in [0.1, 0.15) is 11.6 Å². The van der Waals surface area contributed by atoms with E-state index in [1.807, 2.05) is 0 Å². The zero-order chi connectivity index (χ0) is 16.9. The number of hydrogen-bond acceptors (Lipinski definition) is 5. The van der Waals surface area contributed by atoms with Crippen molar-refractivity contribution in [2.45, 2.75) is 38.8 Å². The number of non-ortho nitro benzene ring substituents is 1. The first-order chi connectivity index (χ1) is 10.1. The molecule has 1 aromatic rings. The van der Waals surface area contributed by atoms with Crippen LogP contribution in [-0.4, -0.2) is 33.7 Å². The van der Waals surface area contributed by atoms with Gasteiger partial charge in [-0.05, 0) is 26.3 Å². The summed E-state index contributed by atoms with van der Waals surface area (Å²) in [5.41, 5.74) is -0.273. The third kappa shape index (κ3) is 5.78. The van der Waals surface area contributed by atoms with Gasteiger partial charge in [0.05, 0.1) is 4.92 Å². The Kier molecular flexibility index (Phi) is 5.44. The molecule has 1 rings (SSSR count). The Hall–Kier alpha value is -2.64. The number of benzene rings is 1. The highest BCUT2D eigenvalue weighted by molar-refractivity contribution is 5.80. The van der Waals surface area contributed by atoms with Gasteiger partial charge in [-0.1, -0.05) is 12.1 Å². The zero-order valence-electron chi connectivity index (χ0n) is 12.5. The van der Waals surface area contributed by atoms with Crippen LogP contribution in [0.25, 0.3) is 0 Å². The second-order valence-electron chi connectivity index (χ2n) is 5.66. The second kappa shape index (κ2) is 6.88. The molecule has 1 unspecified atom stereocenters. The molecule has 22 heavy (non-hydrogen) atoms. The molecule has 1 atom stereocenters. The molecule has 0 saturated carbocycles. The molecular formula is C14H18N2O6. The molecule has 0 saturated heterocycles. The lowest BCUT2D eigenvalue weighted by atomic mass is 10.1. The van der Waals surface area contributed by atoms with Crippen molar-refractivity contribution in [3.8, 4) is 0 Å². The Morgan fingerprint density at radius 1 is 1.32 bits per heavy atom. The van der Waals surface area contributed by atoms with Gasteiger partial charge in [-0.25, -0.2) is 9.59 Å². The molecule has 2 N–H and O–H groups in total. The number of carboxylic acids is 1. The molecule has 0 spiro atoms. The first-order valence-corrected chi connectivity index (χ1v) is 6.54. The molecule has 120 valence electrons.